The average molecular weight is 383 g/mol. The fraction of sp³-hybridized carbons (Fsp3) is 0.348. The van der Waals surface area contributed by atoms with Gasteiger partial charge in [-0.2, -0.15) is 0 Å². The van der Waals surface area contributed by atoms with Crippen LogP contribution in [-0.2, 0) is 11.2 Å². The molecule has 0 bridgehead atoms. The van der Waals surface area contributed by atoms with E-state index < -0.39 is 0 Å². The van der Waals surface area contributed by atoms with Gasteiger partial charge in [0.1, 0.15) is 0 Å². The number of fused-ring (bicyclic) bond motifs is 1. The number of amides is 1. The maximum atomic E-state index is 12.7. The van der Waals surface area contributed by atoms with Crippen molar-refractivity contribution in [2.75, 3.05) is 0 Å². The van der Waals surface area contributed by atoms with Crippen molar-refractivity contribution in [3.63, 3.8) is 0 Å². The third-order valence-electron chi connectivity index (χ3n) is 5.28. The summed E-state index contributed by atoms with van der Waals surface area (Å²) >= 11 is 6.52. The van der Waals surface area contributed by atoms with Crippen LogP contribution in [0.15, 0.2) is 48.7 Å². The van der Waals surface area contributed by atoms with E-state index in [1.54, 1.807) is 0 Å². The Balaban J connectivity index is 2.05. The lowest BCUT2D eigenvalue weighted by molar-refractivity contribution is -0.121. The van der Waals surface area contributed by atoms with Crippen molar-refractivity contribution in [1.82, 2.24) is 10.3 Å². The van der Waals surface area contributed by atoms with Crippen LogP contribution in [0.5, 0.6) is 0 Å². The number of carbonyl (C=O) groups excluding carboxylic acids is 1. The van der Waals surface area contributed by atoms with Crippen LogP contribution >= 0.6 is 11.6 Å². The highest BCUT2D eigenvalue weighted by Crippen LogP contribution is 2.37. The van der Waals surface area contributed by atoms with E-state index >= 15 is 0 Å². The summed E-state index contributed by atoms with van der Waals surface area (Å²) in [6, 6.07) is 14.3. The molecule has 0 aliphatic carbocycles. The van der Waals surface area contributed by atoms with Gasteiger partial charge in [-0.05, 0) is 42.5 Å². The van der Waals surface area contributed by atoms with E-state index in [0.717, 1.165) is 34.9 Å². The number of nitrogens with one attached hydrogen (secondary N) is 2. The molecule has 1 amide bonds. The topological polar surface area (TPSA) is 44.9 Å². The zero-order chi connectivity index (χ0) is 19.4. The van der Waals surface area contributed by atoms with Crippen LogP contribution in [-0.4, -0.2) is 16.9 Å². The van der Waals surface area contributed by atoms with Crippen LogP contribution < -0.4 is 5.32 Å². The van der Waals surface area contributed by atoms with E-state index in [-0.39, 0.29) is 17.9 Å². The van der Waals surface area contributed by atoms with Crippen molar-refractivity contribution in [1.29, 1.82) is 0 Å². The molecule has 0 aliphatic heterocycles. The van der Waals surface area contributed by atoms with Gasteiger partial charge in [0, 0.05) is 40.5 Å². The standard InChI is InChI=1S/C23H27ClN2O/c1-4-15(3)26-22(27)13-19(17-10-6-7-12-21(17)24)20-14-25-23-16(5-2)9-8-11-18(20)23/h6-12,14-15,19,25H,4-5,13H2,1-3H3,(H,26,27)/t15-,19-/m0/s1. The molecular formula is C23H27ClN2O. The van der Waals surface area contributed by atoms with Crippen LogP contribution in [0.2, 0.25) is 5.02 Å². The lowest BCUT2D eigenvalue weighted by Gasteiger charge is -2.20. The van der Waals surface area contributed by atoms with Crippen molar-refractivity contribution >= 4 is 28.4 Å². The molecule has 2 atom stereocenters. The van der Waals surface area contributed by atoms with Crippen molar-refractivity contribution in [2.45, 2.75) is 52.0 Å². The molecule has 142 valence electrons. The van der Waals surface area contributed by atoms with Gasteiger partial charge in [-0.25, -0.2) is 0 Å². The number of hydrogen-bond donors (Lipinski definition) is 2. The molecule has 0 saturated heterocycles. The Morgan fingerprint density at radius 3 is 2.59 bits per heavy atom. The molecule has 1 aromatic heterocycles. The maximum Gasteiger partial charge on any atom is 0.221 e. The molecular weight excluding hydrogens is 356 g/mol. The number of hydrogen-bond acceptors (Lipinski definition) is 1. The first-order chi connectivity index (χ1) is 13.0. The molecule has 2 aromatic carbocycles. The number of aryl methyl sites for hydroxylation is 1. The Morgan fingerprint density at radius 2 is 1.89 bits per heavy atom. The van der Waals surface area contributed by atoms with Gasteiger partial charge in [-0.15, -0.1) is 0 Å². The number of aromatic amines is 1. The summed E-state index contributed by atoms with van der Waals surface area (Å²) < 4.78 is 0. The monoisotopic (exact) mass is 382 g/mol. The van der Waals surface area contributed by atoms with Crippen molar-refractivity contribution in [3.8, 4) is 0 Å². The van der Waals surface area contributed by atoms with Crippen molar-refractivity contribution < 1.29 is 4.79 Å². The molecule has 0 unspecified atom stereocenters. The Kier molecular flexibility index (Phi) is 6.22. The molecule has 0 spiro atoms. The van der Waals surface area contributed by atoms with Gasteiger partial charge in [0.15, 0.2) is 0 Å². The Bertz CT molecular complexity index is 931. The summed E-state index contributed by atoms with van der Waals surface area (Å²) in [6.45, 7) is 6.25. The zero-order valence-corrected chi connectivity index (χ0v) is 16.9. The second kappa shape index (κ2) is 8.62. The van der Waals surface area contributed by atoms with E-state index in [4.69, 9.17) is 11.6 Å². The largest absolute Gasteiger partial charge is 0.361 e. The van der Waals surface area contributed by atoms with Gasteiger partial charge in [0.05, 0.1) is 0 Å². The normalized spacial score (nSPS) is 13.5. The third kappa shape index (κ3) is 4.19. The molecule has 1 heterocycles. The summed E-state index contributed by atoms with van der Waals surface area (Å²) in [5, 5.41) is 4.95. The smallest absolute Gasteiger partial charge is 0.221 e. The minimum atomic E-state index is -0.0939. The summed E-state index contributed by atoms with van der Waals surface area (Å²) in [4.78, 5) is 16.1. The van der Waals surface area contributed by atoms with Gasteiger partial charge >= 0.3 is 0 Å². The number of rotatable bonds is 7. The Morgan fingerprint density at radius 1 is 1.11 bits per heavy atom. The molecule has 3 rings (SSSR count). The molecule has 0 radical (unpaired) electrons. The van der Waals surface area contributed by atoms with Gasteiger partial charge in [0.2, 0.25) is 5.91 Å². The fourth-order valence-corrected chi connectivity index (χ4v) is 3.86. The quantitative estimate of drug-likeness (QED) is 0.531. The zero-order valence-electron chi connectivity index (χ0n) is 16.2. The van der Waals surface area contributed by atoms with E-state index in [9.17, 15) is 4.79 Å². The third-order valence-corrected chi connectivity index (χ3v) is 5.62. The number of para-hydroxylation sites is 1. The molecule has 27 heavy (non-hydrogen) atoms. The van der Waals surface area contributed by atoms with Crippen LogP contribution in [0.4, 0.5) is 0 Å². The van der Waals surface area contributed by atoms with E-state index in [1.807, 2.05) is 37.4 Å². The first kappa shape index (κ1) is 19.5. The number of H-pyrrole nitrogens is 1. The van der Waals surface area contributed by atoms with E-state index in [1.165, 1.54) is 5.56 Å². The van der Waals surface area contributed by atoms with Gasteiger partial charge in [0.25, 0.3) is 0 Å². The maximum absolute atomic E-state index is 12.7. The van der Waals surface area contributed by atoms with Gasteiger partial charge in [-0.1, -0.05) is 61.8 Å². The number of aromatic nitrogens is 1. The highest BCUT2D eigenvalue weighted by Gasteiger charge is 2.24. The average Bonchev–Trinajstić information content (AvgIpc) is 3.10. The van der Waals surface area contributed by atoms with Gasteiger partial charge in [-0.3, -0.25) is 4.79 Å². The van der Waals surface area contributed by atoms with E-state index in [0.29, 0.717) is 11.4 Å². The summed E-state index contributed by atoms with van der Waals surface area (Å²) in [5.41, 5.74) is 4.53. The lowest BCUT2D eigenvalue weighted by atomic mass is 9.87. The molecule has 3 nitrogen and oxygen atoms in total. The number of halogens is 1. The van der Waals surface area contributed by atoms with Crippen LogP contribution in [0.3, 0.4) is 0 Å². The summed E-state index contributed by atoms with van der Waals surface area (Å²) in [7, 11) is 0. The van der Waals surface area contributed by atoms with Gasteiger partial charge < -0.3 is 10.3 Å². The fourth-order valence-electron chi connectivity index (χ4n) is 3.59. The predicted octanol–water partition coefficient (Wildman–Crippen LogP) is 5.82. The highest BCUT2D eigenvalue weighted by atomic mass is 35.5. The first-order valence-electron chi connectivity index (χ1n) is 9.67. The SMILES string of the molecule is CCc1cccc2c([C@@H](CC(=O)N[C@@H](C)CC)c3ccccc3Cl)c[nH]c12. The highest BCUT2D eigenvalue weighted by molar-refractivity contribution is 6.31. The Labute approximate surface area is 166 Å². The molecule has 4 heteroatoms. The minimum absolute atomic E-state index is 0.0512. The number of carbonyl (C=O) groups is 1. The van der Waals surface area contributed by atoms with E-state index in [2.05, 4.69) is 42.3 Å². The minimum Gasteiger partial charge on any atom is -0.361 e. The number of benzene rings is 2. The molecule has 3 aromatic rings. The molecule has 0 saturated carbocycles. The summed E-state index contributed by atoms with van der Waals surface area (Å²) in [5.74, 6) is -0.0427. The lowest BCUT2D eigenvalue weighted by Crippen LogP contribution is -2.33. The molecule has 2 N–H and O–H groups in total. The molecule has 0 aliphatic rings. The predicted molar refractivity (Wildman–Crippen MR) is 113 cm³/mol. The summed E-state index contributed by atoms with van der Waals surface area (Å²) in [6.07, 6.45) is 4.28. The van der Waals surface area contributed by atoms with Crippen LogP contribution in [0, 0.1) is 0 Å². The van der Waals surface area contributed by atoms with Crippen LogP contribution in [0.1, 0.15) is 56.2 Å². The van der Waals surface area contributed by atoms with Crippen LogP contribution in [0.25, 0.3) is 10.9 Å². The second-order valence-corrected chi connectivity index (χ2v) is 7.50. The molecule has 0 fully saturated rings. The first-order valence-corrected chi connectivity index (χ1v) is 10.1. The van der Waals surface area contributed by atoms with Crippen molar-refractivity contribution in [3.05, 3.63) is 70.4 Å². The van der Waals surface area contributed by atoms with Crippen molar-refractivity contribution in [2.24, 2.45) is 0 Å². The Hall–Kier alpha value is -2.26. The second-order valence-electron chi connectivity index (χ2n) is 7.09.